The van der Waals surface area contributed by atoms with Gasteiger partial charge < -0.3 is 4.90 Å². The number of pyridine rings is 1. The first-order chi connectivity index (χ1) is 7.29. The van der Waals surface area contributed by atoms with E-state index in [1.807, 2.05) is 6.08 Å². The molecule has 80 valence electrons. The zero-order chi connectivity index (χ0) is 10.7. The molecule has 0 N–H and O–H groups in total. The number of piperidine rings is 1. The Morgan fingerprint density at radius 1 is 1.53 bits per heavy atom. The van der Waals surface area contributed by atoms with Crippen LogP contribution in [0.2, 0.25) is 0 Å². The van der Waals surface area contributed by atoms with E-state index in [4.69, 9.17) is 0 Å². The van der Waals surface area contributed by atoms with Crippen molar-refractivity contribution in [3.8, 4) is 0 Å². The number of hydrogen-bond donors (Lipinski definition) is 0. The average molecular weight is 206 g/mol. The van der Waals surface area contributed by atoms with Crippen LogP contribution < -0.4 is 4.90 Å². The van der Waals surface area contributed by atoms with Crippen LogP contribution in [-0.4, -0.2) is 18.1 Å². The molecular formula is C12H15FN2. The van der Waals surface area contributed by atoms with Gasteiger partial charge in [0, 0.05) is 13.1 Å². The normalized spacial score (nSPS) is 21.4. The van der Waals surface area contributed by atoms with E-state index in [2.05, 4.69) is 16.5 Å². The zero-order valence-electron chi connectivity index (χ0n) is 8.69. The van der Waals surface area contributed by atoms with Gasteiger partial charge in [0.2, 0.25) is 0 Å². The van der Waals surface area contributed by atoms with E-state index >= 15 is 0 Å². The summed E-state index contributed by atoms with van der Waals surface area (Å²) in [5, 5.41) is 0. The molecule has 0 aliphatic carbocycles. The van der Waals surface area contributed by atoms with Gasteiger partial charge in [-0.2, -0.15) is 0 Å². The molecule has 1 unspecified atom stereocenters. The Labute approximate surface area is 89.4 Å². The van der Waals surface area contributed by atoms with Gasteiger partial charge in [0.05, 0.1) is 6.20 Å². The smallest absolute Gasteiger partial charge is 0.141 e. The van der Waals surface area contributed by atoms with Crippen LogP contribution in [0.25, 0.3) is 0 Å². The minimum atomic E-state index is -0.281. The molecule has 1 aliphatic rings. The van der Waals surface area contributed by atoms with E-state index in [0.717, 1.165) is 25.3 Å². The standard InChI is InChI=1S/C12H15FN2/c1-2-10-4-3-7-15(9-10)12-6-5-11(13)8-14-12/h2,5-6,8,10H,1,3-4,7,9H2. The summed E-state index contributed by atoms with van der Waals surface area (Å²) in [5.41, 5.74) is 0. The predicted molar refractivity (Wildman–Crippen MR) is 59.3 cm³/mol. The second-order valence-electron chi connectivity index (χ2n) is 3.92. The lowest BCUT2D eigenvalue weighted by Gasteiger charge is -2.32. The molecule has 1 fully saturated rings. The van der Waals surface area contributed by atoms with Crippen molar-refractivity contribution in [2.75, 3.05) is 18.0 Å². The molecule has 1 aromatic rings. The second kappa shape index (κ2) is 4.43. The molecule has 2 heterocycles. The molecule has 0 radical (unpaired) electrons. The first kappa shape index (κ1) is 10.1. The van der Waals surface area contributed by atoms with Crippen molar-refractivity contribution in [2.45, 2.75) is 12.8 Å². The van der Waals surface area contributed by atoms with Crippen molar-refractivity contribution in [3.63, 3.8) is 0 Å². The van der Waals surface area contributed by atoms with E-state index in [-0.39, 0.29) is 5.82 Å². The Morgan fingerprint density at radius 2 is 2.40 bits per heavy atom. The Kier molecular flexibility index (Phi) is 2.99. The summed E-state index contributed by atoms with van der Waals surface area (Å²) in [5.74, 6) is 1.12. The maximum Gasteiger partial charge on any atom is 0.141 e. The molecule has 15 heavy (non-hydrogen) atoms. The van der Waals surface area contributed by atoms with Gasteiger partial charge in [-0.15, -0.1) is 6.58 Å². The van der Waals surface area contributed by atoms with Crippen molar-refractivity contribution in [1.82, 2.24) is 4.98 Å². The fourth-order valence-electron chi connectivity index (χ4n) is 1.97. The third-order valence-corrected chi connectivity index (χ3v) is 2.83. The highest BCUT2D eigenvalue weighted by Gasteiger charge is 2.18. The molecule has 0 saturated carbocycles. The number of nitrogens with zero attached hydrogens (tertiary/aromatic N) is 2. The van der Waals surface area contributed by atoms with Crippen LogP contribution in [0.15, 0.2) is 31.0 Å². The predicted octanol–water partition coefficient (Wildman–Crippen LogP) is 2.62. The monoisotopic (exact) mass is 206 g/mol. The molecule has 1 saturated heterocycles. The van der Waals surface area contributed by atoms with Gasteiger partial charge in [0.1, 0.15) is 11.6 Å². The fourth-order valence-corrected chi connectivity index (χ4v) is 1.97. The minimum absolute atomic E-state index is 0.281. The number of halogens is 1. The molecule has 2 nitrogen and oxygen atoms in total. The van der Waals surface area contributed by atoms with Gasteiger partial charge in [-0.05, 0) is 30.9 Å². The van der Waals surface area contributed by atoms with Crippen molar-refractivity contribution < 1.29 is 4.39 Å². The minimum Gasteiger partial charge on any atom is -0.356 e. The average Bonchev–Trinajstić information content (AvgIpc) is 2.30. The maximum absolute atomic E-state index is 12.7. The summed E-state index contributed by atoms with van der Waals surface area (Å²) in [6.07, 6.45) is 5.61. The Hall–Kier alpha value is -1.38. The number of hydrogen-bond acceptors (Lipinski definition) is 2. The van der Waals surface area contributed by atoms with Crippen LogP contribution in [0.5, 0.6) is 0 Å². The van der Waals surface area contributed by atoms with Gasteiger partial charge in [-0.3, -0.25) is 0 Å². The van der Waals surface area contributed by atoms with E-state index in [0.29, 0.717) is 5.92 Å². The summed E-state index contributed by atoms with van der Waals surface area (Å²) in [6, 6.07) is 3.20. The van der Waals surface area contributed by atoms with E-state index in [1.165, 1.54) is 18.7 Å². The molecule has 1 aromatic heterocycles. The molecule has 3 heteroatoms. The highest BCUT2D eigenvalue weighted by molar-refractivity contribution is 5.38. The van der Waals surface area contributed by atoms with Gasteiger partial charge in [0.15, 0.2) is 0 Å². The van der Waals surface area contributed by atoms with Gasteiger partial charge in [-0.1, -0.05) is 6.08 Å². The van der Waals surface area contributed by atoms with Crippen LogP contribution in [0.1, 0.15) is 12.8 Å². The van der Waals surface area contributed by atoms with Crippen LogP contribution in [0, 0.1) is 11.7 Å². The van der Waals surface area contributed by atoms with Crippen molar-refractivity contribution >= 4 is 5.82 Å². The molecule has 0 aromatic carbocycles. The summed E-state index contributed by atoms with van der Waals surface area (Å²) in [7, 11) is 0. The van der Waals surface area contributed by atoms with Crippen LogP contribution in [-0.2, 0) is 0 Å². The van der Waals surface area contributed by atoms with Crippen LogP contribution in [0.4, 0.5) is 10.2 Å². The van der Waals surface area contributed by atoms with Crippen LogP contribution in [0.3, 0.4) is 0 Å². The SMILES string of the molecule is C=CC1CCCN(c2ccc(F)cn2)C1. The number of aromatic nitrogens is 1. The quantitative estimate of drug-likeness (QED) is 0.691. The molecule has 0 bridgehead atoms. The van der Waals surface area contributed by atoms with Crippen LogP contribution >= 0.6 is 0 Å². The first-order valence-electron chi connectivity index (χ1n) is 5.28. The largest absolute Gasteiger partial charge is 0.356 e. The second-order valence-corrected chi connectivity index (χ2v) is 3.92. The topological polar surface area (TPSA) is 16.1 Å². The lowest BCUT2D eigenvalue weighted by Crippen LogP contribution is -2.35. The molecule has 0 spiro atoms. The highest BCUT2D eigenvalue weighted by atomic mass is 19.1. The maximum atomic E-state index is 12.7. The Bertz CT molecular complexity index is 334. The highest BCUT2D eigenvalue weighted by Crippen LogP contribution is 2.21. The summed E-state index contributed by atoms with van der Waals surface area (Å²) < 4.78 is 12.7. The van der Waals surface area contributed by atoms with Gasteiger partial charge in [-0.25, -0.2) is 9.37 Å². The Morgan fingerprint density at radius 3 is 3.07 bits per heavy atom. The van der Waals surface area contributed by atoms with Gasteiger partial charge in [0.25, 0.3) is 0 Å². The lowest BCUT2D eigenvalue weighted by atomic mass is 9.98. The molecule has 0 amide bonds. The summed E-state index contributed by atoms with van der Waals surface area (Å²) in [4.78, 5) is 6.28. The fraction of sp³-hybridized carbons (Fsp3) is 0.417. The molecule has 1 aliphatic heterocycles. The van der Waals surface area contributed by atoms with Gasteiger partial charge >= 0.3 is 0 Å². The Balaban J connectivity index is 2.09. The lowest BCUT2D eigenvalue weighted by molar-refractivity contribution is 0.482. The van der Waals surface area contributed by atoms with E-state index < -0.39 is 0 Å². The van der Waals surface area contributed by atoms with Crippen molar-refractivity contribution in [3.05, 3.63) is 36.8 Å². The van der Waals surface area contributed by atoms with Crippen molar-refractivity contribution in [2.24, 2.45) is 5.92 Å². The van der Waals surface area contributed by atoms with E-state index in [9.17, 15) is 4.39 Å². The molecule has 1 atom stereocenters. The molecular weight excluding hydrogens is 191 g/mol. The molecule has 2 rings (SSSR count). The van der Waals surface area contributed by atoms with E-state index in [1.54, 1.807) is 6.07 Å². The number of rotatable bonds is 2. The summed E-state index contributed by atoms with van der Waals surface area (Å²) >= 11 is 0. The van der Waals surface area contributed by atoms with Crippen molar-refractivity contribution in [1.29, 1.82) is 0 Å². The third-order valence-electron chi connectivity index (χ3n) is 2.83. The first-order valence-corrected chi connectivity index (χ1v) is 5.28. The number of anilines is 1. The zero-order valence-corrected chi connectivity index (χ0v) is 8.69. The third kappa shape index (κ3) is 2.35. The summed E-state index contributed by atoms with van der Waals surface area (Å²) in [6.45, 7) is 5.77.